The minimum absolute atomic E-state index is 0.0552. The van der Waals surface area contributed by atoms with E-state index in [4.69, 9.17) is 21.1 Å². The quantitative estimate of drug-likeness (QED) is 0.620. The molecule has 1 aliphatic carbocycles. The lowest BCUT2D eigenvalue weighted by Gasteiger charge is -2.41. The van der Waals surface area contributed by atoms with Gasteiger partial charge in [-0.05, 0) is 50.8 Å². The Hall–Kier alpha value is -2.35. The molecule has 1 saturated carbocycles. The third-order valence-corrected chi connectivity index (χ3v) is 6.58. The van der Waals surface area contributed by atoms with Crippen LogP contribution in [0.2, 0.25) is 5.02 Å². The highest BCUT2D eigenvalue weighted by molar-refractivity contribution is 6.33. The Labute approximate surface area is 186 Å². The maximum Gasteiger partial charge on any atom is 0.296 e. The lowest BCUT2D eigenvalue weighted by molar-refractivity contribution is -0.0692. The molecule has 0 radical (unpaired) electrons. The second-order valence-corrected chi connectivity index (χ2v) is 9.35. The molecule has 0 atom stereocenters. The summed E-state index contributed by atoms with van der Waals surface area (Å²) < 4.78 is 11.4. The minimum Gasteiger partial charge on any atom is -0.461 e. The Morgan fingerprint density at radius 3 is 2.55 bits per heavy atom. The molecule has 0 amide bonds. The standard InChI is InChI=1S/C23H27ClN4O3/c1-23(2,29)15-11-17(12-15)31-22-25-19-13-18(24)20(26-21(19)27-22)14-3-5-16(6-4-14)28-7-9-30-10-8-28/h3-6,13,15,17,29H,7-12H2,1-2H3,(H,25,26,27). The molecule has 164 valence electrons. The predicted molar refractivity (Wildman–Crippen MR) is 121 cm³/mol. The molecule has 3 heterocycles. The largest absolute Gasteiger partial charge is 0.461 e. The Balaban J connectivity index is 1.32. The minimum atomic E-state index is -0.672. The number of benzene rings is 1. The molecule has 2 aromatic heterocycles. The van der Waals surface area contributed by atoms with E-state index in [9.17, 15) is 5.11 Å². The van der Waals surface area contributed by atoms with E-state index < -0.39 is 5.60 Å². The van der Waals surface area contributed by atoms with Gasteiger partial charge in [-0.25, -0.2) is 4.98 Å². The molecule has 2 fully saturated rings. The normalized spacial score (nSPS) is 21.9. The van der Waals surface area contributed by atoms with Gasteiger partial charge in [0.15, 0.2) is 5.65 Å². The number of rotatable bonds is 5. The number of ether oxygens (including phenoxy) is 2. The smallest absolute Gasteiger partial charge is 0.296 e. The van der Waals surface area contributed by atoms with Crippen LogP contribution in [0.25, 0.3) is 22.4 Å². The van der Waals surface area contributed by atoms with Gasteiger partial charge in [-0.2, -0.15) is 4.98 Å². The van der Waals surface area contributed by atoms with E-state index in [2.05, 4.69) is 32.0 Å². The molecule has 1 saturated heterocycles. The summed E-state index contributed by atoms with van der Waals surface area (Å²) in [5.74, 6) is 0.251. The summed E-state index contributed by atoms with van der Waals surface area (Å²) in [6.45, 7) is 7.01. The highest BCUT2D eigenvalue weighted by Gasteiger charge is 2.40. The zero-order chi connectivity index (χ0) is 21.6. The molecule has 0 unspecified atom stereocenters. The van der Waals surface area contributed by atoms with Gasteiger partial charge in [0.05, 0.1) is 35.0 Å². The van der Waals surface area contributed by atoms with Gasteiger partial charge in [0.2, 0.25) is 0 Å². The van der Waals surface area contributed by atoms with Crippen LogP contribution in [-0.2, 0) is 4.74 Å². The van der Waals surface area contributed by atoms with Crippen LogP contribution < -0.4 is 9.64 Å². The second kappa shape index (κ2) is 7.97. The van der Waals surface area contributed by atoms with Crippen molar-refractivity contribution in [2.24, 2.45) is 5.92 Å². The molecular formula is C23H27ClN4O3. The fourth-order valence-corrected chi connectivity index (χ4v) is 4.46. The molecule has 2 N–H and O–H groups in total. The molecule has 3 aromatic rings. The number of morpholine rings is 1. The van der Waals surface area contributed by atoms with Crippen molar-refractivity contribution in [3.63, 3.8) is 0 Å². The summed E-state index contributed by atoms with van der Waals surface area (Å²) >= 11 is 6.54. The van der Waals surface area contributed by atoms with E-state index in [1.165, 1.54) is 5.69 Å². The van der Waals surface area contributed by atoms with Crippen molar-refractivity contribution in [1.29, 1.82) is 0 Å². The van der Waals surface area contributed by atoms with Crippen molar-refractivity contribution in [3.05, 3.63) is 35.4 Å². The maximum absolute atomic E-state index is 10.1. The van der Waals surface area contributed by atoms with E-state index >= 15 is 0 Å². The van der Waals surface area contributed by atoms with Crippen LogP contribution in [0.1, 0.15) is 26.7 Å². The Morgan fingerprint density at radius 2 is 1.87 bits per heavy atom. The predicted octanol–water partition coefficient (Wildman–Crippen LogP) is 4.04. The first-order valence-electron chi connectivity index (χ1n) is 10.8. The number of aliphatic hydroxyl groups is 1. The number of hydrogen-bond acceptors (Lipinski definition) is 6. The number of halogens is 1. The number of fused-ring (bicyclic) bond motifs is 1. The molecule has 0 bridgehead atoms. The number of aromatic nitrogens is 3. The van der Waals surface area contributed by atoms with E-state index in [0.717, 1.165) is 50.2 Å². The number of anilines is 1. The summed E-state index contributed by atoms with van der Waals surface area (Å²) in [5.41, 5.74) is 3.46. The Morgan fingerprint density at radius 1 is 1.16 bits per heavy atom. The van der Waals surface area contributed by atoms with Crippen LogP contribution in [0.4, 0.5) is 5.69 Å². The van der Waals surface area contributed by atoms with Crippen molar-refractivity contribution >= 4 is 28.5 Å². The number of imidazole rings is 1. The molecule has 31 heavy (non-hydrogen) atoms. The fraction of sp³-hybridized carbons (Fsp3) is 0.478. The molecule has 5 rings (SSSR count). The van der Waals surface area contributed by atoms with Crippen LogP contribution in [0.15, 0.2) is 30.3 Å². The molecule has 7 nitrogen and oxygen atoms in total. The summed E-state index contributed by atoms with van der Waals surface area (Å²) in [5, 5.41) is 10.6. The SMILES string of the molecule is CC(C)(O)C1CC(Oc2nc3nc(-c4ccc(N5CCOCC5)cc4)c(Cl)cc3[nH]2)C1. The third-order valence-electron chi connectivity index (χ3n) is 6.29. The van der Waals surface area contributed by atoms with Crippen LogP contribution in [0, 0.1) is 5.92 Å². The Kier molecular flexibility index (Phi) is 5.28. The second-order valence-electron chi connectivity index (χ2n) is 8.94. The summed E-state index contributed by atoms with van der Waals surface area (Å²) in [6, 6.07) is 10.6. The lowest BCUT2D eigenvalue weighted by atomic mass is 9.72. The van der Waals surface area contributed by atoms with Gasteiger partial charge in [-0.15, -0.1) is 0 Å². The van der Waals surface area contributed by atoms with E-state index in [-0.39, 0.29) is 12.0 Å². The van der Waals surface area contributed by atoms with Crippen molar-refractivity contribution in [3.8, 4) is 17.3 Å². The van der Waals surface area contributed by atoms with Crippen LogP contribution in [-0.4, -0.2) is 58.1 Å². The summed E-state index contributed by atoms with van der Waals surface area (Å²) in [4.78, 5) is 14.7. The first-order valence-corrected chi connectivity index (χ1v) is 11.1. The van der Waals surface area contributed by atoms with E-state index in [1.807, 2.05) is 32.0 Å². The summed E-state index contributed by atoms with van der Waals surface area (Å²) in [6.07, 6.45) is 1.69. The van der Waals surface area contributed by atoms with Gasteiger partial charge < -0.3 is 24.5 Å². The number of nitrogens with one attached hydrogen (secondary N) is 1. The van der Waals surface area contributed by atoms with Crippen LogP contribution in [0.3, 0.4) is 0 Å². The highest BCUT2D eigenvalue weighted by Crippen LogP contribution is 2.38. The van der Waals surface area contributed by atoms with Gasteiger partial charge in [0, 0.05) is 24.3 Å². The zero-order valence-corrected chi connectivity index (χ0v) is 18.5. The first-order chi connectivity index (χ1) is 14.9. The van der Waals surface area contributed by atoms with Gasteiger partial charge in [0.25, 0.3) is 6.01 Å². The van der Waals surface area contributed by atoms with Gasteiger partial charge in [-0.1, -0.05) is 23.7 Å². The molecule has 0 spiro atoms. The fourth-order valence-electron chi connectivity index (χ4n) is 4.20. The van der Waals surface area contributed by atoms with E-state index in [0.29, 0.717) is 22.4 Å². The van der Waals surface area contributed by atoms with Crippen LogP contribution >= 0.6 is 11.6 Å². The number of H-pyrrole nitrogens is 1. The molecular weight excluding hydrogens is 416 g/mol. The van der Waals surface area contributed by atoms with Crippen molar-refractivity contribution < 1.29 is 14.6 Å². The van der Waals surface area contributed by atoms with Crippen molar-refractivity contribution in [2.75, 3.05) is 31.2 Å². The third kappa shape index (κ3) is 4.22. The van der Waals surface area contributed by atoms with E-state index in [1.54, 1.807) is 0 Å². The molecule has 1 aliphatic heterocycles. The first kappa shape index (κ1) is 20.5. The molecule has 2 aliphatic rings. The van der Waals surface area contributed by atoms with Crippen LogP contribution in [0.5, 0.6) is 6.01 Å². The summed E-state index contributed by atoms with van der Waals surface area (Å²) in [7, 11) is 0. The maximum atomic E-state index is 10.1. The number of aromatic amines is 1. The molecule has 1 aromatic carbocycles. The average molecular weight is 443 g/mol. The van der Waals surface area contributed by atoms with Gasteiger partial charge >= 0.3 is 0 Å². The van der Waals surface area contributed by atoms with Crippen molar-refractivity contribution in [2.45, 2.75) is 38.4 Å². The number of hydrogen-bond donors (Lipinski definition) is 2. The van der Waals surface area contributed by atoms with Crippen molar-refractivity contribution in [1.82, 2.24) is 15.0 Å². The highest BCUT2D eigenvalue weighted by atomic mass is 35.5. The average Bonchev–Trinajstić information content (AvgIpc) is 3.11. The number of pyridine rings is 1. The lowest BCUT2D eigenvalue weighted by Crippen LogP contribution is -2.45. The Bertz CT molecular complexity index is 1060. The monoisotopic (exact) mass is 442 g/mol. The van der Waals surface area contributed by atoms with Gasteiger partial charge in [0.1, 0.15) is 6.10 Å². The topological polar surface area (TPSA) is 83.5 Å². The molecule has 8 heteroatoms. The zero-order valence-electron chi connectivity index (χ0n) is 17.8. The number of nitrogens with zero attached hydrogens (tertiary/aromatic N) is 3. The van der Waals surface area contributed by atoms with Gasteiger partial charge in [-0.3, -0.25) is 0 Å².